The molecule has 198 valence electrons. The van der Waals surface area contributed by atoms with Crippen molar-refractivity contribution in [2.24, 2.45) is 0 Å². The van der Waals surface area contributed by atoms with E-state index < -0.39 is 27.9 Å². The molecule has 5 heteroatoms. The smallest absolute Gasteiger partial charge is 0.147 e. The monoisotopic (exact) mass is 637 g/mol. The molecule has 1 N–H and O–H groups in total. The molecule has 0 bridgehead atoms. The summed E-state index contributed by atoms with van der Waals surface area (Å²) in [6.45, 7) is 14.1. The molecule has 4 aromatic rings. The third kappa shape index (κ3) is 5.70. The Balaban J connectivity index is 0.00000200. The van der Waals surface area contributed by atoms with Crippen molar-refractivity contribution in [3.05, 3.63) is 120 Å². The standard InChI is InChI=1S/C29H27Si.C4H10N.2ClH.Zr/c1-29(2,3)26-20-12-19-24-23-17-10-11-18-25(23)28(27(24)26)30(21-13-6-4-7-14-21)22-15-8-5-9-16-22;1-4(2,3)5;;;/h4-20,28H,1-3H3;5H,1-3H3;2*1H;/q;-1;;;+1. The van der Waals surface area contributed by atoms with Gasteiger partial charge in [-0.3, -0.25) is 0 Å². The summed E-state index contributed by atoms with van der Waals surface area (Å²) in [4.78, 5) is 0. The van der Waals surface area contributed by atoms with Crippen molar-refractivity contribution >= 4 is 40.4 Å². The second-order valence-corrected chi connectivity index (χ2v) is 23.9. The van der Waals surface area contributed by atoms with Gasteiger partial charge < -0.3 is 0 Å². The Hall–Kier alpha value is -1.48. The molecule has 0 spiro atoms. The van der Waals surface area contributed by atoms with Gasteiger partial charge in [0, 0.05) is 0 Å². The summed E-state index contributed by atoms with van der Waals surface area (Å²) in [5.74, 6) is 0. The van der Waals surface area contributed by atoms with Crippen molar-refractivity contribution in [1.82, 2.24) is 3.26 Å². The average molecular weight is 640 g/mol. The Bertz CT molecular complexity index is 1320. The number of halogens is 2. The Morgan fingerprint density at radius 1 is 0.605 bits per heavy atom. The number of hydrogen-bond donors (Lipinski definition) is 1. The summed E-state index contributed by atoms with van der Waals surface area (Å²) in [6, 6.07) is 39.4. The third-order valence-corrected chi connectivity index (χ3v) is 23.8. The summed E-state index contributed by atoms with van der Waals surface area (Å²) in [6.07, 6.45) is 0. The molecule has 0 aromatic heterocycles. The van der Waals surface area contributed by atoms with Crippen LogP contribution in [-0.2, 0) is 28.1 Å². The van der Waals surface area contributed by atoms with Gasteiger partial charge in [-0.25, -0.2) is 0 Å². The molecule has 1 atom stereocenters. The van der Waals surface area contributed by atoms with E-state index in [0.29, 0.717) is 5.54 Å². The molecule has 0 radical (unpaired) electrons. The van der Waals surface area contributed by atoms with E-state index in [-0.39, 0.29) is 35.8 Å². The number of hydrogen-bond acceptors (Lipinski definition) is 1. The van der Waals surface area contributed by atoms with E-state index in [9.17, 15) is 0 Å². The van der Waals surface area contributed by atoms with E-state index in [0.717, 1.165) is 0 Å². The minimum absolute atomic E-state index is 0. The van der Waals surface area contributed by atoms with E-state index in [1.54, 1.807) is 15.9 Å². The summed E-state index contributed by atoms with van der Waals surface area (Å²) in [5, 5.41) is 0.853. The topological polar surface area (TPSA) is 12.0 Å². The van der Waals surface area contributed by atoms with Crippen molar-refractivity contribution in [2.75, 3.05) is 0 Å². The molecule has 4 aromatic carbocycles. The molecule has 0 saturated heterocycles. The van der Waals surface area contributed by atoms with Gasteiger partial charge in [-0.15, -0.1) is 24.8 Å². The van der Waals surface area contributed by atoms with E-state index in [1.807, 2.05) is 0 Å². The zero-order valence-electron chi connectivity index (χ0n) is 23.2. The fourth-order valence-electron chi connectivity index (χ4n) is 5.77. The molecule has 5 rings (SSSR count). The first-order valence-electron chi connectivity index (χ1n) is 13.0. The maximum atomic E-state index is 4.19. The van der Waals surface area contributed by atoms with Gasteiger partial charge in [0.2, 0.25) is 0 Å². The fourth-order valence-corrected chi connectivity index (χ4v) is 22.8. The van der Waals surface area contributed by atoms with Gasteiger partial charge in [0.25, 0.3) is 0 Å². The summed E-state index contributed by atoms with van der Waals surface area (Å²) in [7, 11) is 0. The van der Waals surface area contributed by atoms with E-state index in [2.05, 4.69) is 148 Å². The fraction of sp³-hybridized carbons (Fsp3) is 0.273. The van der Waals surface area contributed by atoms with Crippen LogP contribution in [0.3, 0.4) is 0 Å². The number of nitrogens with one attached hydrogen (secondary N) is 1. The van der Waals surface area contributed by atoms with Gasteiger partial charge in [-0.05, 0) is 0 Å². The van der Waals surface area contributed by atoms with Crippen LogP contribution in [0, 0.1) is 0 Å². The predicted octanol–water partition coefficient (Wildman–Crippen LogP) is 7.62. The molecule has 0 amide bonds. The van der Waals surface area contributed by atoms with Crippen molar-refractivity contribution in [2.45, 2.75) is 58.0 Å². The molecule has 1 unspecified atom stereocenters. The van der Waals surface area contributed by atoms with Crippen LogP contribution in [0.2, 0.25) is 0 Å². The first kappa shape index (κ1) is 31.1. The molecule has 1 aliphatic rings. The van der Waals surface area contributed by atoms with E-state index in [1.165, 1.54) is 22.3 Å². The normalized spacial score (nSPS) is 14.5. The number of rotatable bonds is 5. The summed E-state index contributed by atoms with van der Waals surface area (Å²) >= 11 is -1.15. The quantitative estimate of drug-likeness (QED) is 0.222. The molecule has 38 heavy (non-hydrogen) atoms. The van der Waals surface area contributed by atoms with Crippen LogP contribution in [0.1, 0.15) is 63.8 Å². The van der Waals surface area contributed by atoms with Crippen LogP contribution in [-0.4, -0.2) is 10.7 Å². The molecule has 0 aliphatic heterocycles. The van der Waals surface area contributed by atoms with Gasteiger partial charge >= 0.3 is 231 Å². The molecule has 1 aliphatic carbocycles. The minimum Gasteiger partial charge on any atom is -0.147 e. The first-order chi connectivity index (χ1) is 17.1. The Morgan fingerprint density at radius 3 is 1.63 bits per heavy atom. The molecule has 0 heterocycles. The average Bonchev–Trinajstić information content (AvgIpc) is 3.20. The van der Waals surface area contributed by atoms with Gasteiger partial charge in [0.1, 0.15) is 0 Å². The second-order valence-electron chi connectivity index (χ2n) is 12.1. The van der Waals surface area contributed by atoms with Crippen LogP contribution < -0.4 is 13.6 Å². The predicted molar refractivity (Wildman–Crippen MR) is 168 cm³/mol. The van der Waals surface area contributed by atoms with Crippen LogP contribution in [0.25, 0.3) is 11.1 Å². The van der Waals surface area contributed by atoms with Crippen molar-refractivity contribution in [3.8, 4) is 11.1 Å². The summed E-state index contributed by atoms with van der Waals surface area (Å²) in [5.41, 5.74) is 8.05. The molecular weight excluding hydrogens is 601 g/mol. The second kappa shape index (κ2) is 11.9. The van der Waals surface area contributed by atoms with Crippen molar-refractivity contribution in [1.29, 1.82) is 0 Å². The van der Waals surface area contributed by atoms with Gasteiger partial charge in [0.15, 0.2) is 0 Å². The number of benzene rings is 4. The molecule has 0 fully saturated rings. The van der Waals surface area contributed by atoms with Gasteiger partial charge in [-0.2, -0.15) is 0 Å². The molecular formula is C33H39Cl2NSiZr. The minimum atomic E-state index is -2.28. The van der Waals surface area contributed by atoms with E-state index in [4.69, 9.17) is 0 Å². The zero-order valence-corrected chi connectivity index (χ0v) is 28.3. The molecule has 0 saturated carbocycles. The van der Waals surface area contributed by atoms with Crippen LogP contribution >= 0.6 is 24.8 Å². The maximum absolute atomic E-state index is 4.19. The third-order valence-electron chi connectivity index (χ3n) is 7.29. The van der Waals surface area contributed by atoms with Crippen molar-refractivity contribution < 1.29 is 22.7 Å². The van der Waals surface area contributed by atoms with Gasteiger partial charge in [-0.1, -0.05) is 0 Å². The van der Waals surface area contributed by atoms with Crippen molar-refractivity contribution in [3.63, 3.8) is 0 Å². The first-order valence-corrected chi connectivity index (χ1v) is 20.0. The SMILES string of the molecule is CC(C)(C)[NH][Zr][Si](c1ccccc1)(c1ccccc1)C1c2ccccc2-c2cccc(C(C)(C)C)c21.Cl.Cl. The Labute approximate surface area is 253 Å². The number of fused-ring (bicyclic) bond motifs is 3. The zero-order chi connectivity index (χ0) is 25.6. The van der Waals surface area contributed by atoms with E-state index >= 15 is 0 Å². The summed E-state index contributed by atoms with van der Waals surface area (Å²) < 4.78 is 4.19. The van der Waals surface area contributed by atoms with Crippen LogP contribution in [0.4, 0.5) is 0 Å². The van der Waals surface area contributed by atoms with Crippen LogP contribution in [0.15, 0.2) is 103 Å². The van der Waals surface area contributed by atoms with Gasteiger partial charge in [0.05, 0.1) is 0 Å². The maximum Gasteiger partial charge on any atom is -0.147 e. The Morgan fingerprint density at radius 2 is 1.11 bits per heavy atom. The largest absolute Gasteiger partial charge is 0.147 e. The van der Waals surface area contributed by atoms with Crippen LogP contribution in [0.5, 0.6) is 0 Å². The Kier molecular flexibility index (Phi) is 9.76. The molecule has 1 nitrogen and oxygen atoms in total.